The SMILES string of the molecule is C[Si]1(C)c2ccccc2-c2c(-n3c4ccccc4c4ccc5sc6ccccc6c5c43)nc(-c3ccccc3)nc21. The summed E-state index contributed by atoms with van der Waals surface area (Å²) in [6, 6.07) is 41.5. The summed E-state index contributed by atoms with van der Waals surface area (Å²) in [7, 11) is -2.07. The van der Waals surface area contributed by atoms with Gasteiger partial charge in [-0.05, 0) is 28.9 Å². The third kappa shape index (κ3) is 3.07. The van der Waals surface area contributed by atoms with E-state index in [9.17, 15) is 0 Å². The average molecular weight is 560 g/mol. The fourth-order valence-electron chi connectivity index (χ4n) is 6.89. The van der Waals surface area contributed by atoms with Crippen LogP contribution < -0.4 is 10.5 Å². The molecule has 1 aliphatic rings. The summed E-state index contributed by atoms with van der Waals surface area (Å²) in [5, 5.41) is 7.75. The molecule has 0 aliphatic carbocycles. The van der Waals surface area contributed by atoms with Crippen LogP contribution in [0, 0.1) is 0 Å². The van der Waals surface area contributed by atoms with Gasteiger partial charge >= 0.3 is 0 Å². The maximum atomic E-state index is 5.47. The molecule has 3 nitrogen and oxygen atoms in total. The van der Waals surface area contributed by atoms with Crippen LogP contribution in [0.5, 0.6) is 0 Å². The topological polar surface area (TPSA) is 30.7 Å². The van der Waals surface area contributed by atoms with Gasteiger partial charge in [0.15, 0.2) is 5.82 Å². The summed E-state index contributed by atoms with van der Waals surface area (Å²) in [6.45, 7) is 4.86. The molecule has 0 atom stereocenters. The molecule has 5 aromatic carbocycles. The van der Waals surface area contributed by atoms with Gasteiger partial charge in [-0.1, -0.05) is 110 Å². The van der Waals surface area contributed by atoms with Crippen LogP contribution in [0.25, 0.3) is 70.3 Å². The summed E-state index contributed by atoms with van der Waals surface area (Å²) < 4.78 is 5.06. The van der Waals surface area contributed by atoms with E-state index in [1.807, 2.05) is 11.3 Å². The van der Waals surface area contributed by atoms with Gasteiger partial charge in [0.2, 0.25) is 0 Å². The first-order chi connectivity index (χ1) is 20.1. The molecule has 0 saturated carbocycles. The van der Waals surface area contributed by atoms with E-state index < -0.39 is 8.07 Å². The van der Waals surface area contributed by atoms with Crippen LogP contribution in [0.3, 0.4) is 0 Å². The van der Waals surface area contributed by atoms with Crippen molar-refractivity contribution in [3.05, 3.63) is 115 Å². The molecule has 0 fully saturated rings. The minimum Gasteiger partial charge on any atom is -0.292 e. The summed E-state index contributed by atoms with van der Waals surface area (Å²) in [5.41, 5.74) is 5.92. The highest BCUT2D eigenvalue weighted by Crippen LogP contribution is 2.44. The molecular formula is C36H25N3SSi. The Bertz CT molecular complexity index is 2350. The van der Waals surface area contributed by atoms with Gasteiger partial charge in [0, 0.05) is 47.4 Å². The molecule has 9 rings (SSSR count). The van der Waals surface area contributed by atoms with E-state index in [0.29, 0.717) is 0 Å². The highest BCUT2D eigenvalue weighted by Gasteiger charge is 2.42. The molecule has 3 aromatic heterocycles. The van der Waals surface area contributed by atoms with Crippen LogP contribution in [0.4, 0.5) is 0 Å². The zero-order valence-corrected chi connectivity index (χ0v) is 24.5. The molecule has 0 N–H and O–H groups in total. The normalized spacial score (nSPS) is 13.8. The molecule has 0 spiro atoms. The lowest BCUT2D eigenvalue weighted by atomic mass is 10.1. The molecule has 5 heteroatoms. The van der Waals surface area contributed by atoms with Crippen molar-refractivity contribution in [2.45, 2.75) is 13.1 Å². The van der Waals surface area contributed by atoms with E-state index in [4.69, 9.17) is 9.97 Å². The average Bonchev–Trinajstić information content (AvgIpc) is 3.63. The Kier molecular flexibility index (Phi) is 4.65. The number of aromatic nitrogens is 3. The van der Waals surface area contributed by atoms with Crippen molar-refractivity contribution in [1.29, 1.82) is 0 Å². The Morgan fingerprint density at radius 1 is 0.634 bits per heavy atom. The number of benzene rings is 5. The number of rotatable bonds is 2. The van der Waals surface area contributed by atoms with Gasteiger partial charge in [-0.15, -0.1) is 11.3 Å². The van der Waals surface area contributed by atoms with Crippen LogP contribution in [0.15, 0.2) is 115 Å². The van der Waals surface area contributed by atoms with Crippen LogP contribution in [0.1, 0.15) is 0 Å². The van der Waals surface area contributed by atoms with Crippen molar-refractivity contribution in [1.82, 2.24) is 14.5 Å². The van der Waals surface area contributed by atoms with Gasteiger partial charge in [-0.3, -0.25) is 4.57 Å². The van der Waals surface area contributed by atoms with Crippen LogP contribution in [-0.4, -0.2) is 22.6 Å². The van der Waals surface area contributed by atoms with Gasteiger partial charge in [-0.25, -0.2) is 9.97 Å². The zero-order valence-electron chi connectivity index (χ0n) is 22.7. The van der Waals surface area contributed by atoms with E-state index >= 15 is 0 Å². The highest BCUT2D eigenvalue weighted by molar-refractivity contribution is 7.26. The first-order valence-corrected chi connectivity index (χ1v) is 17.8. The van der Waals surface area contributed by atoms with Gasteiger partial charge in [0.05, 0.1) is 11.0 Å². The Hall–Kier alpha value is -4.58. The van der Waals surface area contributed by atoms with Crippen molar-refractivity contribution in [2.75, 3.05) is 0 Å². The number of nitrogens with zero attached hydrogens (tertiary/aromatic N) is 3. The number of hydrogen-bond acceptors (Lipinski definition) is 3. The lowest BCUT2D eigenvalue weighted by Gasteiger charge is -2.19. The Morgan fingerprint density at radius 3 is 2.24 bits per heavy atom. The molecule has 41 heavy (non-hydrogen) atoms. The third-order valence-corrected chi connectivity index (χ3v) is 13.2. The van der Waals surface area contributed by atoms with Gasteiger partial charge in [-0.2, -0.15) is 0 Å². The number of para-hydroxylation sites is 1. The van der Waals surface area contributed by atoms with Crippen LogP contribution in [0.2, 0.25) is 13.1 Å². The largest absolute Gasteiger partial charge is 0.292 e. The second kappa shape index (κ2) is 8.23. The maximum Gasteiger partial charge on any atom is 0.161 e. The lowest BCUT2D eigenvalue weighted by Crippen LogP contribution is -2.51. The molecule has 8 aromatic rings. The quantitative estimate of drug-likeness (QED) is 0.199. The molecule has 0 amide bonds. The Balaban J connectivity index is 1.53. The standard InChI is InChI=1S/C36H25N3SSi/c1-41(2)30-19-11-8-16-26(30)32-35(37-34(38-36(32)41)22-12-4-3-5-13-22)39-27-17-9-6-14-23(27)24-20-21-29-31(33(24)39)25-15-7-10-18-28(25)40-29/h3-21H,1-2H3. The fraction of sp³-hybridized carbons (Fsp3) is 0.0556. The van der Waals surface area contributed by atoms with Crippen LogP contribution >= 0.6 is 11.3 Å². The Morgan fingerprint density at radius 2 is 1.37 bits per heavy atom. The lowest BCUT2D eigenvalue weighted by molar-refractivity contribution is 1.06. The molecule has 4 heterocycles. The fourth-order valence-corrected chi connectivity index (χ4v) is 10.9. The monoisotopic (exact) mass is 559 g/mol. The maximum absolute atomic E-state index is 5.47. The zero-order chi connectivity index (χ0) is 27.3. The second-order valence-corrected chi connectivity index (χ2v) is 16.8. The first kappa shape index (κ1) is 23.2. The minimum absolute atomic E-state index is 0.793. The van der Waals surface area contributed by atoms with Crippen molar-refractivity contribution in [3.8, 4) is 28.3 Å². The highest BCUT2D eigenvalue weighted by atomic mass is 32.1. The van der Waals surface area contributed by atoms with E-state index in [2.05, 4.69) is 133 Å². The number of hydrogen-bond donors (Lipinski definition) is 0. The molecule has 0 saturated heterocycles. The molecule has 0 radical (unpaired) electrons. The summed E-state index contributed by atoms with van der Waals surface area (Å²) in [4.78, 5) is 10.8. The van der Waals surface area contributed by atoms with Gasteiger partial charge in [0.25, 0.3) is 0 Å². The minimum atomic E-state index is -2.07. The molecule has 194 valence electrons. The number of fused-ring (bicyclic) bond motifs is 10. The summed E-state index contributed by atoms with van der Waals surface area (Å²) >= 11 is 1.86. The van der Waals surface area contributed by atoms with Crippen molar-refractivity contribution >= 4 is 71.9 Å². The predicted octanol–water partition coefficient (Wildman–Crippen LogP) is 8.41. The first-order valence-electron chi connectivity index (χ1n) is 14.0. The van der Waals surface area contributed by atoms with Gasteiger partial charge in [0.1, 0.15) is 13.9 Å². The Labute approximate surface area is 242 Å². The molecule has 0 bridgehead atoms. The predicted molar refractivity (Wildman–Crippen MR) is 177 cm³/mol. The van der Waals surface area contributed by atoms with Crippen molar-refractivity contribution < 1.29 is 0 Å². The van der Waals surface area contributed by atoms with E-state index in [1.165, 1.54) is 63.6 Å². The van der Waals surface area contributed by atoms with E-state index in [-0.39, 0.29) is 0 Å². The molecule has 0 unspecified atom stereocenters. The van der Waals surface area contributed by atoms with Crippen molar-refractivity contribution in [2.24, 2.45) is 0 Å². The van der Waals surface area contributed by atoms with Crippen LogP contribution in [-0.2, 0) is 0 Å². The molecular weight excluding hydrogens is 535 g/mol. The third-order valence-electron chi connectivity index (χ3n) is 8.77. The van der Waals surface area contributed by atoms with E-state index in [0.717, 1.165) is 17.2 Å². The summed E-state index contributed by atoms with van der Waals surface area (Å²) in [5.74, 6) is 1.77. The summed E-state index contributed by atoms with van der Waals surface area (Å²) in [6.07, 6.45) is 0. The second-order valence-electron chi connectivity index (χ2n) is 11.4. The van der Waals surface area contributed by atoms with Crippen molar-refractivity contribution in [3.63, 3.8) is 0 Å². The number of thiophene rings is 1. The van der Waals surface area contributed by atoms with Gasteiger partial charge < -0.3 is 0 Å². The smallest absolute Gasteiger partial charge is 0.161 e. The molecule has 1 aliphatic heterocycles. The van der Waals surface area contributed by atoms with E-state index in [1.54, 1.807) is 0 Å².